The van der Waals surface area contributed by atoms with Crippen LogP contribution in [-0.4, -0.2) is 44.4 Å². The molecule has 1 saturated heterocycles. The molecule has 1 aromatic rings. The third-order valence-corrected chi connectivity index (χ3v) is 3.16. The van der Waals surface area contributed by atoms with Crippen molar-refractivity contribution in [3.63, 3.8) is 0 Å². The van der Waals surface area contributed by atoms with Crippen LogP contribution in [0.3, 0.4) is 0 Å². The van der Waals surface area contributed by atoms with Gasteiger partial charge < -0.3 is 24.1 Å². The summed E-state index contributed by atoms with van der Waals surface area (Å²) in [6, 6.07) is 7.67. The van der Waals surface area contributed by atoms with Crippen molar-refractivity contribution in [1.82, 2.24) is 0 Å². The van der Waals surface area contributed by atoms with Crippen LogP contribution in [0.4, 0.5) is 0 Å². The van der Waals surface area contributed by atoms with Gasteiger partial charge in [0.1, 0.15) is 11.9 Å². The SMILES string of the molecule is COc1ccc(COC[C@@H]2OC(OC)C[C@@H]2O)cc1. The zero-order valence-corrected chi connectivity index (χ0v) is 11.2. The van der Waals surface area contributed by atoms with E-state index in [1.165, 1.54) is 0 Å². The van der Waals surface area contributed by atoms with Gasteiger partial charge in [-0.25, -0.2) is 0 Å². The summed E-state index contributed by atoms with van der Waals surface area (Å²) in [4.78, 5) is 0. The molecular weight excluding hydrogens is 248 g/mol. The monoisotopic (exact) mass is 268 g/mol. The molecule has 0 radical (unpaired) electrons. The molecule has 3 atom stereocenters. The standard InChI is InChI=1S/C14H20O5/c1-16-11-5-3-10(4-6-11)8-18-9-13-12(15)7-14(17-2)19-13/h3-6,12-15H,7-9H2,1-2H3/t12-,13-,14?/m0/s1. The number of ether oxygens (including phenoxy) is 4. The molecule has 1 aliphatic rings. The average Bonchev–Trinajstić information content (AvgIpc) is 2.80. The Morgan fingerprint density at radius 3 is 2.58 bits per heavy atom. The second-order valence-corrected chi connectivity index (χ2v) is 4.51. The number of aliphatic hydroxyl groups is 1. The van der Waals surface area contributed by atoms with Crippen LogP contribution in [0, 0.1) is 0 Å². The van der Waals surface area contributed by atoms with Crippen molar-refractivity contribution in [1.29, 1.82) is 0 Å². The largest absolute Gasteiger partial charge is 0.497 e. The van der Waals surface area contributed by atoms with Crippen molar-refractivity contribution in [2.75, 3.05) is 20.8 Å². The Morgan fingerprint density at radius 1 is 1.26 bits per heavy atom. The Morgan fingerprint density at radius 2 is 2.00 bits per heavy atom. The summed E-state index contributed by atoms with van der Waals surface area (Å²) in [7, 11) is 3.20. The smallest absolute Gasteiger partial charge is 0.160 e. The maximum absolute atomic E-state index is 9.75. The molecule has 5 heteroatoms. The van der Waals surface area contributed by atoms with Crippen LogP contribution in [0.15, 0.2) is 24.3 Å². The van der Waals surface area contributed by atoms with Gasteiger partial charge in [-0.05, 0) is 17.7 Å². The summed E-state index contributed by atoms with van der Waals surface area (Å²) in [6.07, 6.45) is -0.679. The zero-order chi connectivity index (χ0) is 13.7. The Labute approximate surface area is 113 Å². The molecule has 0 aromatic heterocycles. The van der Waals surface area contributed by atoms with Gasteiger partial charge in [-0.1, -0.05) is 12.1 Å². The molecule has 5 nitrogen and oxygen atoms in total. The third-order valence-electron chi connectivity index (χ3n) is 3.16. The van der Waals surface area contributed by atoms with E-state index >= 15 is 0 Å². The summed E-state index contributed by atoms with van der Waals surface area (Å²) in [5, 5.41) is 9.75. The van der Waals surface area contributed by atoms with Crippen LogP contribution in [0.2, 0.25) is 0 Å². The van der Waals surface area contributed by atoms with Crippen molar-refractivity contribution >= 4 is 0 Å². The molecule has 0 amide bonds. The van der Waals surface area contributed by atoms with E-state index < -0.39 is 6.10 Å². The molecule has 1 N–H and O–H groups in total. The van der Waals surface area contributed by atoms with Crippen molar-refractivity contribution in [2.45, 2.75) is 31.5 Å². The van der Waals surface area contributed by atoms with Crippen LogP contribution in [0.1, 0.15) is 12.0 Å². The van der Waals surface area contributed by atoms with E-state index in [-0.39, 0.29) is 12.4 Å². The lowest BCUT2D eigenvalue weighted by molar-refractivity contribution is -0.134. The first-order valence-corrected chi connectivity index (χ1v) is 6.30. The quantitative estimate of drug-likeness (QED) is 0.843. The third kappa shape index (κ3) is 3.91. The van der Waals surface area contributed by atoms with E-state index in [9.17, 15) is 5.11 Å². The lowest BCUT2D eigenvalue weighted by Crippen LogP contribution is -2.26. The highest BCUT2D eigenvalue weighted by atomic mass is 16.7. The first-order chi connectivity index (χ1) is 9.22. The van der Waals surface area contributed by atoms with Crippen molar-refractivity contribution in [3.8, 4) is 5.75 Å². The first kappa shape index (κ1) is 14.3. The highest BCUT2D eigenvalue weighted by Crippen LogP contribution is 2.21. The minimum absolute atomic E-state index is 0.316. The second kappa shape index (κ2) is 6.86. The number of benzene rings is 1. The number of methoxy groups -OCH3 is 2. The minimum atomic E-state index is -0.527. The van der Waals surface area contributed by atoms with Crippen LogP contribution in [-0.2, 0) is 20.8 Å². The van der Waals surface area contributed by atoms with Gasteiger partial charge in [0.25, 0.3) is 0 Å². The van der Waals surface area contributed by atoms with Gasteiger partial charge in [-0.3, -0.25) is 0 Å². The second-order valence-electron chi connectivity index (χ2n) is 4.51. The maximum atomic E-state index is 9.75. The molecule has 106 valence electrons. The highest BCUT2D eigenvalue weighted by molar-refractivity contribution is 5.26. The lowest BCUT2D eigenvalue weighted by atomic mass is 10.2. The topological polar surface area (TPSA) is 57.2 Å². The molecule has 1 aliphatic heterocycles. The number of hydrogen-bond donors (Lipinski definition) is 1. The van der Waals surface area contributed by atoms with Gasteiger partial charge in [0, 0.05) is 13.5 Å². The Hall–Kier alpha value is -1.14. The van der Waals surface area contributed by atoms with Gasteiger partial charge >= 0.3 is 0 Å². The highest BCUT2D eigenvalue weighted by Gasteiger charge is 2.33. The summed E-state index contributed by atoms with van der Waals surface area (Å²) in [5.41, 5.74) is 1.05. The van der Waals surface area contributed by atoms with Crippen LogP contribution >= 0.6 is 0 Å². The normalized spacial score (nSPS) is 26.6. The van der Waals surface area contributed by atoms with Crippen LogP contribution in [0.5, 0.6) is 5.75 Å². The molecule has 0 aliphatic carbocycles. The van der Waals surface area contributed by atoms with E-state index in [4.69, 9.17) is 18.9 Å². The number of hydrogen-bond acceptors (Lipinski definition) is 5. The molecule has 2 rings (SSSR count). The fourth-order valence-corrected chi connectivity index (χ4v) is 2.01. The summed E-state index contributed by atoms with van der Waals surface area (Å²) >= 11 is 0. The molecule has 1 unspecified atom stereocenters. The van der Waals surface area contributed by atoms with Crippen molar-refractivity contribution < 1.29 is 24.1 Å². The Bertz CT molecular complexity index is 378. The maximum Gasteiger partial charge on any atom is 0.160 e. The first-order valence-electron chi connectivity index (χ1n) is 6.30. The molecule has 0 spiro atoms. The van der Waals surface area contributed by atoms with Crippen LogP contribution in [0.25, 0.3) is 0 Å². The zero-order valence-electron chi connectivity index (χ0n) is 11.2. The van der Waals surface area contributed by atoms with Gasteiger partial charge in [-0.2, -0.15) is 0 Å². The molecular formula is C14H20O5. The van der Waals surface area contributed by atoms with E-state index in [1.807, 2.05) is 24.3 Å². The van der Waals surface area contributed by atoms with Crippen LogP contribution < -0.4 is 4.74 Å². The number of aliphatic hydroxyl groups excluding tert-OH is 1. The molecule has 1 aromatic carbocycles. The number of rotatable bonds is 6. The predicted octanol–water partition coefficient (Wildman–Crippen LogP) is 1.33. The van der Waals surface area contributed by atoms with Gasteiger partial charge in [-0.15, -0.1) is 0 Å². The van der Waals surface area contributed by atoms with E-state index in [2.05, 4.69) is 0 Å². The fraction of sp³-hybridized carbons (Fsp3) is 0.571. The van der Waals surface area contributed by atoms with Crippen molar-refractivity contribution in [3.05, 3.63) is 29.8 Å². The Kier molecular flexibility index (Phi) is 5.15. The van der Waals surface area contributed by atoms with Crippen molar-refractivity contribution in [2.24, 2.45) is 0 Å². The summed E-state index contributed by atoms with van der Waals surface area (Å²) < 4.78 is 21.2. The van der Waals surface area contributed by atoms with E-state index in [0.29, 0.717) is 19.6 Å². The molecule has 1 fully saturated rings. The Balaban J connectivity index is 1.74. The van der Waals surface area contributed by atoms with Gasteiger partial charge in [0.15, 0.2) is 6.29 Å². The molecule has 19 heavy (non-hydrogen) atoms. The lowest BCUT2D eigenvalue weighted by Gasteiger charge is -2.14. The summed E-state index contributed by atoms with van der Waals surface area (Å²) in [6.45, 7) is 0.835. The van der Waals surface area contributed by atoms with Gasteiger partial charge in [0.05, 0.1) is 26.4 Å². The van der Waals surface area contributed by atoms with E-state index in [1.54, 1.807) is 14.2 Å². The molecule has 0 bridgehead atoms. The van der Waals surface area contributed by atoms with Gasteiger partial charge in [0.2, 0.25) is 0 Å². The summed E-state index contributed by atoms with van der Waals surface area (Å²) in [5.74, 6) is 0.821. The fourth-order valence-electron chi connectivity index (χ4n) is 2.01. The molecule has 0 saturated carbocycles. The minimum Gasteiger partial charge on any atom is -0.497 e. The average molecular weight is 268 g/mol. The van der Waals surface area contributed by atoms with E-state index in [0.717, 1.165) is 11.3 Å². The molecule has 1 heterocycles. The predicted molar refractivity (Wildman–Crippen MR) is 68.9 cm³/mol.